The molecule has 1 rings (SSSR count). The van der Waals surface area contributed by atoms with Gasteiger partial charge in [0.15, 0.2) is 5.60 Å². The molecule has 0 aromatic heterocycles. The summed E-state index contributed by atoms with van der Waals surface area (Å²) in [5.74, 6) is -0.554. The lowest BCUT2D eigenvalue weighted by molar-refractivity contribution is -0.167. The Morgan fingerprint density at radius 2 is 2.20 bits per heavy atom. The van der Waals surface area contributed by atoms with Crippen molar-refractivity contribution in [2.24, 2.45) is 0 Å². The first-order chi connectivity index (χ1) is 4.19. The fourth-order valence-electron chi connectivity index (χ4n) is 0.696. The number of rotatable bonds is 1. The molecule has 1 aliphatic rings. The monoisotopic (exact) mass is 167 g/mol. The van der Waals surface area contributed by atoms with Gasteiger partial charge >= 0.3 is 5.97 Å². The van der Waals surface area contributed by atoms with Crippen LogP contribution in [0.25, 0.3) is 0 Å². The topological polar surface area (TPSA) is 58.6 Å². The van der Waals surface area contributed by atoms with Crippen LogP contribution in [-0.2, 0) is 9.53 Å². The molecule has 0 saturated carbocycles. The van der Waals surface area contributed by atoms with Gasteiger partial charge in [0, 0.05) is 13.1 Å². The van der Waals surface area contributed by atoms with Gasteiger partial charge in [-0.15, -0.1) is 12.4 Å². The van der Waals surface area contributed by atoms with Gasteiger partial charge in [-0.05, 0) is 0 Å². The molecule has 4 nitrogen and oxygen atoms in total. The summed E-state index contributed by atoms with van der Waals surface area (Å²) in [7, 11) is 1.26. The number of esters is 1. The Bertz CT molecular complexity index is 135. The van der Waals surface area contributed by atoms with E-state index in [1.165, 1.54) is 7.11 Å². The molecule has 60 valence electrons. The van der Waals surface area contributed by atoms with Crippen molar-refractivity contribution in [2.45, 2.75) is 5.60 Å². The van der Waals surface area contributed by atoms with Gasteiger partial charge in [0.2, 0.25) is 0 Å². The van der Waals surface area contributed by atoms with E-state index >= 15 is 0 Å². The van der Waals surface area contributed by atoms with Gasteiger partial charge in [-0.1, -0.05) is 0 Å². The van der Waals surface area contributed by atoms with E-state index < -0.39 is 11.6 Å². The smallest absolute Gasteiger partial charge is 0.340 e. The summed E-state index contributed by atoms with van der Waals surface area (Å²) in [6.45, 7) is 0.610. The van der Waals surface area contributed by atoms with E-state index in [1.807, 2.05) is 0 Å². The van der Waals surface area contributed by atoms with E-state index in [0.717, 1.165) is 0 Å². The summed E-state index contributed by atoms with van der Waals surface area (Å²) in [5.41, 5.74) is -1.24. The van der Waals surface area contributed by atoms with E-state index in [-0.39, 0.29) is 12.4 Å². The standard InChI is InChI=1S/C5H9NO3.ClH/c1-9-4(7)5(8)2-6-3-5;/h6,8H,2-3H2,1H3;1H. The second kappa shape index (κ2) is 3.18. The molecule has 0 bridgehead atoms. The Morgan fingerprint density at radius 3 is 2.30 bits per heavy atom. The first kappa shape index (κ1) is 9.68. The molecule has 0 spiro atoms. The van der Waals surface area contributed by atoms with Crippen molar-refractivity contribution in [3.8, 4) is 0 Å². The molecule has 1 saturated heterocycles. The largest absolute Gasteiger partial charge is 0.467 e. The van der Waals surface area contributed by atoms with Crippen molar-refractivity contribution in [1.82, 2.24) is 5.32 Å². The molecule has 0 unspecified atom stereocenters. The van der Waals surface area contributed by atoms with Crippen molar-refractivity contribution in [2.75, 3.05) is 20.2 Å². The van der Waals surface area contributed by atoms with Gasteiger partial charge in [0.05, 0.1) is 7.11 Å². The lowest BCUT2D eigenvalue weighted by atomic mass is 9.98. The molecular formula is C5H10ClNO3. The van der Waals surface area contributed by atoms with E-state index in [2.05, 4.69) is 10.1 Å². The van der Waals surface area contributed by atoms with Crippen molar-refractivity contribution in [1.29, 1.82) is 0 Å². The lowest BCUT2D eigenvalue weighted by Gasteiger charge is -2.34. The minimum atomic E-state index is -1.24. The average molecular weight is 168 g/mol. The van der Waals surface area contributed by atoms with Crippen molar-refractivity contribution in [3.63, 3.8) is 0 Å². The predicted octanol–water partition coefficient (Wildman–Crippen LogP) is -1.08. The maximum Gasteiger partial charge on any atom is 0.340 e. The Kier molecular flexibility index (Phi) is 3.08. The second-order valence-electron chi connectivity index (χ2n) is 2.13. The molecule has 0 radical (unpaired) electrons. The zero-order valence-corrected chi connectivity index (χ0v) is 6.40. The molecule has 0 aliphatic carbocycles. The van der Waals surface area contributed by atoms with Crippen LogP contribution in [0.4, 0.5) is 0 Å². The quantitative estimate of drug-likeness (QED) is 0.488. The number of hydrogen-bond acceptors (Lipinski definition) is 4. The SMILES string of the molecule is COC(=O)C1(O)CNC1.Cl. The van der Waals surface area contributed by atoms with Crippen molar-refractivity contribution in [3.05, 3.63) is 0 Å². The minimum Gasteiger partial charge on any atom is -0.467 e. The summed E-state index contributed by atoms with van der Waals surface area (Å²) in [6, 6.07) is 0. The van der Waals surface area contributed by atoms with Gasteiger partial charge in [0.25, 0.3) is 0 Å². The Morgan fingerprint density at radius 1 is 1.70 bits per heavy atom. The number of ether oxygens (including phenoxy) is 1. The van der Waals surface area contributed by atoms with Crippen LogP contribution in [0.5, 0.6) is 0 Å². The Labute approximate surface area is 65.0 Å². The number of carbonyl (C=O) groups excluding carboxylic acids is 1. The van der Waals surface area contributed by atoms with Crippen LogP contribution in [0.3, 0.4) is 0 Å². The van der Waals surface area contributed by atoms with Crippen LogP contribution >= 0.6 is 12.4 Å². The summed E-state index contributed by atoms with van der Waals surface area (Å²) >= 11 is 0. The third-order valence-electron chi connectivity index (χ3n) is 1.40. The number of methoxy groups -OCH3 is 1. The predicted molar refractivity (Wildman–Crippen MR) is 37.1 cm³/mol. The van der Waals surface area contributed by atoms with Crippen LogP contribution < -0.4 is 5.32 Å². The highest BCUT2D eigenvalue weighted by atomic mass is 35.5. The lowest BCUT2D eigenvalue weighted by Crippen LogP contribution is -2.64. The summed E-state index contributed by atoms with van der Waals surface area (Å²) in [6.07, 6.45) is 0. The maximum absolute atomic E-state index is 10.6. The molecule has 0 amide bonds. The van der Waals surface area contributed by atoms with Crippen LogP contribution in [0.1, 0.15) is 0 Å². The first-order valence-corrected chi connectivity index (χ1v) is 2.70. The zero-order chi connectivity index (χ0) is 6.91. The first-order valence-electron chi connectivity index (χ1n) is 2.70. The summed E-state index contributed by atoms with van der Waals surface area (Å²) in [5, 5.41) is 11.9. The second-order valence-corrected chi connectivity index (χ2v) is 2.13. The third kappa shape index (κ3) is 1.39. The fourth-order valence-corrected chi connectivity index (χ4v) is 0.696. The number of halogens is 1. The number of hydrogen-bond donors (Lipinski definition) is 2. The molecule has 5 heteroatoms. The van der Waals surface area contributed by atoms with Crippen molar-refractivity contribution < 1.29 is 14.6 Å². The number of carbonyl (C=O) groups is 1. The van der Waals surface area contributed by atoms with Gasteiger partial charge in [-0.3, -0.25) is 0 Å². The highest BCUT2D eigenvalue weighted by Gasteiger charge is 2.43. The number of nitrogens with one attached hydrogen (secondary N) is 1. The summed E-state index contributed by atoms with van der Waals surface area (Å²) < 4.78 is 4.33. The molecule has 10 heavy (non-hydrogen) atoms. The van der Waals surface area contributed by atoms with E-state index in [4.69, 9.17) is 5.11 Å². The molecule has 2 N–H and O–H groups in total. The van der Waals surface area contributed by atoms with Gasteiger partial charge in [0.1, 0.15) is 0 Å². The van der Waals surface area contributed by atoms with Crippen molar-refractivity contribution >= 4 is 18.4 Å². The van der Waals surface area contributed by atoms with Crippen LogP contribution in [0.2, 0.25) is 0 Å². The minimum absolute atomic E-state index is 0. The third-order valence-corrected chi connectivity index (χ3v) is 1.40. The summed E-state index contributed by atoms with van der Waals surface area (Å²) in [4.78, 5) is 10.6. The molecular weight excluding hydrogens is 158 g/mol. The zero-order valence-electron chi connectivity index (χ0n) is 5.59. The average Bonchev–Trinajstić information content (AvgIpc) is 1.81. The fraction of sp³-hybridized carbons (Fsp3) is 0.800. The normalized spacial score (nSPS) is 20.2. The van der Waals surface area contributed by atoms with E-state index in [1.54, 1.807) is 0 Å². The van der Waals surface area contributed by atoms with E-state index in [0.29, 0.717) is 13.1 Å². The molecule has 0 aromatic rings. The van der Waals surface area contributed by atoms with Crippen LogP contribution in [-0.4, -0.2) is 36.9 Å². The van der Waals surface area contributed by atoms with E-state index in [9.17, 15) is 4.79 Å². The highest BCUT2D eigenvalue weighted by Crippen LogP contribution is 2.10. The maximum atomic E-state index is 10.6. The number of β-amino-alcohol motifs (C(OH)–C–C–N with tert-alkyl or cyclic N) is 1. The number of aliphatic hydroxyl groups is 1. The van der Waals surface area contributed by atoms with Gasteiger partial charge < -0.3 is 15.2 Å². The van der Waals surface area contributed by atoms with Crippen LogP contribution in [0, 0.1) is 0 Å². The van der Waals surface area contributed by atoms with Crippen LogP contribution in [0.15, 0.2) is 0 Å². The van der Waals surface area contributed by atoms with Gasteiger partial charge in [-0.25, -0.2) is 4.79 Å². The molecule has 1 aliphatic heterocycles. The molecule has 0 atom stereocenters. The highest BCUT2D eigenvalue weighted by molar-refractivity contribution is 5.85. The molecule has 0 aromatic carbocycles. The Balaban J connectivity index is 0.000000810. The molecule has 1 fully saturated rings. The molecule has 1 heterocycles. The van der Waals surface area contributed by atoms with Gasteiger partial charge in [-0.2, -0.15) is 0 Å². The Hall–Kier alpha value is -0.320.